The van der Waals surface area contributed by atoms with E-state index in [9.17, 15) is 18.0 Å². The minimum Gasteiger partial charge on any atom is -0.497 e. The van der Waals surface area contributed by atoms with Crippen molar-refractivity contribution in [1.29, 1.82) is 0 Å². The number of thioether (sulfide) groups is 1. The van der Waals surface area contributed by atoms with E-state index >= 15 is 0 Å². The highest BCUT2D eigenvalue weighted by atomic mass is 32.2. The summed E-state index contributed by atoms with van der Waals surface area (Å²) in [5.74, 6) is 1.60. The number of fused-ring (bicyclic) bond motifs is 1. The van der Waals surface area contributed by atoms with Gasteiger partial charge in [-0.1, -0.05) is 11.8 Å². The van der Waals surface area contributed by atoms with Gasteiger partial charge in [-0.15, -0.1) is 0 Å². The number of hydrogen-bond acceptors (Lipinski definition) is 7. The summed E-state index contributed by atoms with van der Waals surface area (Å²) in [7, 11) is 1.50. The molecule has 7 nitrogen and oxygen atoms in total. The van der Waals surface area contributed by atoms with Crippen LogP contribution in [0.2, 0.25) is 0 Å². The Labute approximate surface area is 191 Å². The Balaban J connectivity index is 1.42. The summed E-state index contributed by atoms with van der Waals surface area (Å²) in [6.45, 7) is 0.124. The maximum Gasteiger partial charge on any atom is 0.433 e. The number of anilines is 1. The standard InChI is InChI=1S/C22H18F3N3O4S/c1-30-15-5-2-13(3-6-15)16-11-19(22(23,24)25)28-21(27-16)33-9-8-20(29)26-14-4-7-17-18(10-14)32-12-31-17/h2-7,10-11H,8-9,12H2,1H3,(H,26,29). The van der Waals surface area contributed by atoms with Crippen LogP contribution in [-0.2, 0) is 11.0 Å². The molecule has 172 valence electrons. The van der Waals surface area contributed by atoms with E-state index in [1.165, 1.54) is 7.11 Å². The number of benzene rings is 2. The second kappa shape index (κ2) is 9.57. The molecule has 0 fully saturated rings. The van der Waals surface area contributed by atoms with Crippen molar-refractivity contribution in [2.75, 3.05) is 25.0 Å². The Hall–Kier alpha value is -3.47. The number of amides is 1. The first-order chi connectivity index (χ1) is 15.8. The minimum absolute atomic E-state index is 0.0522. The molecule has 0 unspecified atom stereocenters. The first-order valence-electron chi connectivity index (χ1n) is 9.75. The number of rotatable bonds is 7. The van der Waals surface area contributed by atoms with Crippen LogP contribution in [-0.4, -0.2) is 35.5 Å². The fourth-order valence-corrected chi connectivity index (χ4v) is 3.77. The predicted molar refractivity (Wildman–Crippen MR) is 116 cm³/mol. The van der Waals surface area contributed by atoms with Gasteiger partial charge in [0, 0.05) is 29.5 Å². The summed E-state index contributed by atoms with van der Waals surface area (Å²) in [6.07, 6.45) is -4.58. The average molecular weight is 477 g/mol. The zero-order valence-corrected chi connectivity index (χ0v) is 18.1. The molecule has 3 aromatic rings. The van der Waals surface area contributed by atoms with Crippen molar-refractivity contribution in [2.24, 2.45) is 0 Å². The first kappa shape index (κ1) is 22.7. The second-order valence-corrected chi connectivity index (χ2v) is 7.92. The summed E-state index contributed by atoms with van der Waals surface area (Å²) < 4.78 is 55.7. The number of alkyl halides is 3. The maximum atomic E-state index is 13.4. The van der Waals surface area contributed by atoms with Gasteiger partial charge in [0.05, 0.1) is 12.8 Å². The molecule has 0 atom stereocenters. The molecular weight excluding hydrogens is 459 g/mol. The number of carbonyl (C=O) groups excluding carboxylic acids is 1. The molecule has 2 aromatic carbocycles. The Kier molecular flexibility index (Phi) is 6.59. The van der Waals surface area contributed by atoms with E-state index in [0.717, 1.165) is 17.8 Å². The van der Waals surface area contributed by atoms with Crippen molar-refractivity contribution in [3.63, 3.8) is 0 Å². The summed E-state index contributed by atoms with van der Waals surface area (Å²) in [6, 6.07) is 12.4. The third-order valence-corrected chi connectivity index (χ3v) is 5.45. The van der Waals surface area contributed by atoms with Gasteiger partial charge in [-0.3, -0.25) is 4.79 Å². The van der Waals surface area contributed by atoms with Crippen LogP contribution in [0.15, 0.2) is 53.7 Å². The molecule has 1 amide bonds. The lowest BCUT2D eigenvalue weighted by atomic mass is 10.1. The molecule has 11 heteroatoms. The van der Waals surface area contributed by atoms with Crippen LogP contribution in [0.1, 0.15) is 12.1 Å². The lowest BCUT2D eigenvalue weighted by molar-refractivity contribution is -0.141. The van der Waals surface area contributed by atoms with Gasteiger partial charge in [-0.05, 0) is 42.5 Å². The highest BCUT2D eigenvalue weighted by Crippen LogP contribution is 2.35. The number of carbonyl (C=O) groups is 1. The van der Waals surface area contributed by atoms with Gasteiger partial charge in [0.2, 0.25) is 12.7 Å². The van der Waals surface area contributed by atoms with Crippen molar-refractivity contribution in [3.05, 3.63) is 54.2 Å². The lowest BCUT2D eigenvalue weighted by Crippen LogP contribution is -2.13. The predicted octanol–water partition coefficient (Wildman–Crippen LogP) is 5.02. The normalized spacial score (nSPS) is 12.5. The molecule has 0 radical (unpaired) electrons. The van der Waals surface area contributed by atoms with Gasteiger partial charge >= 0.3 is 6.18 Å². The smallest absolute Gasteiger partial charge is 0.433 e. The Bertz CT molecular complexity index is 1160. The van der Waals surface area contributed by atoms with Gasteiger partial charge in [0.1, 0.15) is 11.4 Å². The Morgan fingerprint density at radius 2 is 1.85 bits per heavy atom. The zero-order chi connectivity index (χ0) is 23.4. The molecule has 0 saturated carbocycles. The summed E-state index contributed by atoms with van der Waals surface area (Å²) in [5.41, 5.74) is 0.111. The number of nitrogens with one attached hydrogen (secondary N) is 1. The van der Waals surface area contributed by atoms with Crippen LogP contribution in [0.25, 0.3) is 11.3 Å². The van der Waals surface area contributed by atoms with Gasteiger partial charge in [0.15, 0.2) is 16.7 Å². The molecule has 0 spiro atoms. The van der Waals surface area contributed by atoms with Gasteiger partial charge in [0.25, 0.3) is 0 Å². The molecule has 1 aromatic heterocycles. The number of methoxy groups -OCH3 is 1. The maximum absolute atomic E-state index is 13.4. The quantitative estimate of drug-likeness (QED) is 0.378. The van der Waals surface area contributed by atoms with Crippen molar-refractivity contribution in [2.45, 2.75) is 17.8 Å². The van der Waals surface area contributed by atoms with Gasteiger partial charge in [-0.25, -0.2) is 9.97 Å². The minimum atomic E-state index is -4.63. The fourth-order valence-electron chi connectivity index (χ4n) is 2.98. The highest BCUT2D eigenvalue weighted by molar-refractivity contribution is 7.99. The van der Waals surface area contributed by atoms with Crippen LogP contribution in [0.3, 0.4) is 0 Å². The number of halogens is 3. The van der Waals surface area contributed by atoms with E-state index in [1.54, 1.807) is 42.5 Å². The molecule has 0 saturated heterocycles. The van der Waals surface area contributed by atoms with Gasteiger partial charge < -0.3 is 19.5 Å². The van der Waals surface area contributed by atoms with Crippen LogP contribution >= 0.6 is 11.8 Å². The van der Waals surface area contributed by atoms with Crippen molar-refractivity contribution >= 4 is 23.4 Å². The zero-order valence-electron chi connectivity index (χ0n) is 17.3. The number of ether oxygens (including phenoxy) is 3. The lowest BCUT2D eigenvalue weighted by Gasteiger charge is -2.11. The van der Waals surface area contributed by atoms with Crippen LogP contribution in [0.4, 0.5) is 18.9 Å². The van der Waals surface area contributed by atoms with Crippen LogP contribution < -0.4 is 19.5 Å². The monoisotopic (exact) mass is 477 g/mol. The molecular formula is C22H18F3N3O4S. The summed E-state index contributed by atoms with van der Waals surface area (Å²) >= 11 is 0.974. The van der Waals surface area contributed by atoms with E-state index < -0.39 is 11.9 Å². The number of nitrogens with zero attached hydrogens (tertiary/aromatic N) is 2. The van der Waals surface area contributed by atoms with Crippen molar-refractivity contribution < 1.29 is 32.2 Å². The van der Waals surface area contributed by atoms with Gasteiger partial charge in [-0.2, -0.15) is 13.2 Å². The molecule has 1 aliphatic rings. The molecule has 0 aliphatic carbocycles. The topological polar surface area (TPSA) is 82.6 Å². The Morgan fingerprint density at radius 1 is 1.09 bits per heavy atom. The van der Waals surface area contributed by atoms with Crippen molar-refractivity contribution in [1.82, 2.24) is 9.97 Å². The first-order valence-corrected chi connectivity index (χ1v) is 10.7. The molecule has 0 bridgehead atoms. The van der Waals surface area contributed by atoms with E-state index in [2.05, 4.69) is 15.3 Å². The molecule has 4 rings (SSSR count). The molecule has 33 heavy (non-hydrogen) atoms. The fraction of sp³-hybridized carbons (Fsp3) is 0.227. The molecule has 2 heterocycles. The largest absolute Gasteiger partial charge is 0.497 e. The van der Waals surface area contributed by atoms with E-state index in [0.29, 0.717) is 28.5 Å². The Morgan fingerprint density at radius 3 is 2.58 bits per heavy atom. The average Bonchev–Trinajstić information content (AvgIpc) is 3.26. The third-order valence-electron chi connectivity index (χ3n) is 4.60. The van der Waals surface area contributed by atoms with Crippen LogP contribution in [0.5, 0.6) is 17.2 Å². The third kappa shape index (κ3) is 5.67. The van der Waals surface area contributed by atoms with E-state index in [-0.39, 0.29) is 35.7 Å². The second-order valence-electron chi connectivity index (χ2n) is 6.86. The van der Waals surface area contributed by atoms with Crippen LogP contribution in [0, 0.1) is 0 Å². The highest BCUT2D eigenvalue weighted by Gasteiger charge is 2.34. The van der Waals surface area contributed by atoms with E-state index in [4.69, 9.17) is 14.2 Å². The molecule has 1 aliphatic heterocycles. The van der Waals surface area contributed by atoms with E-state index in [1.807, 2.05) is 0 Å². The number of aromatic nitrogens is 2. The SMILES string of the molecule is COc1ccc(-c2cc(C(F)(F)F)nc(SCCC(=O)Nc3ccc4c(c3)OCO4)n2)cc1. The van der Waals surface area contributed by atoms with Crippen molar-refractivity contribution in [3.8, 4) is 28.5 Å². The summed E-state index contributed by atoms with van der Waals surface area (Å²) in [5, 5.41) is 2.66. The number of hydrogen-bond donors (Lipinski definition) is 1. The molecule has 1 N–H and O–H groups in total. The summed E-state index contributed by atoms with van der Waals surface area (Å²) in [4.78, 5) is 20.1.